The molecule has 0 unspecified atom stereocenters. The van der Waals surface area contributed by atoms with Crippen LogP contribution in [0.3, 0.4) is 0 Å². The fraction of sp³-hybridized carbons (Fsp3) is 0.421. The number of nitrogens with zero attached hydrogens (tertiary/aromatic N) is 4. The van der Waals surface area contributed by atoms with E-state index in [0.29, 0.717) is 23.1 Å². The van der Waals surface area contributed by atoms with Gasteiger partial charge >= 0.3 is 0 Å². The highest BCUT2D eigenvalue weighted by atomic mass is 32.1. The summed E-state index contributed by atoms with van der Waals surface area (Å²) in [5.74, 6) is 0.432. The molecule has 1 N–H and O–H groups in total. The molecule has 1 saturated heterocycles. The lowest BCUT2D eigenvalue weighted by Gasteiger charge is -2.30. The maximum absolute atomic E-state index is 13.1. The number of thiocarbonyl (C=S) groups is 1. The molecule has 1 aliphatic rings. The maximum Gasteiger partial charge on any atom is 0.275 e. The third-order valence-electron chi connectivity index (χ3n) is 4.40. The van der Waals surface area contributed by atoms with Crippen molar-refractivity contribution in [1.29, 1.82) is 0 Å². The molecule has 0 aliphatic carbocycles. The highest BCUT2D eigenvalue weighted by Crippen LogP contribution is 2.19. The van der Waals surface area contributed by atoms with E-state index in [-0.39, 0.29) is 5.91 Å². The van der Waals surface area contributed by atoms with Crippen LogP contribution < -0.4 is 5.32 Å². The van der Waals surface area contributed by atoms with Gasteiger partial charge in [0.15, 0.2) is 5.11 Å². The van der Waals surface area contributed by atoms with Crippen molar-refractivity contribution in [3.63, 3.8) is 0 Å². The molecule has 3 rings (SSSR count). The first kappa shape index (κ1) is 18.4. The van der Waals surface area contributed by atoms with Gasteiger partial charge in [-0.25, -0.2) is 9.69 Å². The number of benzene rings is 1. The maximum atomic E-state index is 13.1. The van der Waals surface area contributed by atoms with E-state index in [4.69, 9.17) is 12.2 Å². The molecule has 0 bridgehead atoms. The summed E-state index contributed by atoms with van der Waals surface area (Å²) in [7, 11) is 0. The van der Waals surface area contributed by atoms with Gasteiger partial charge in [-0.1, -0.05) is 32.0 Å². The molecule has 0 spiro atoms. The van der Waals surface area contributed by atoms with Crippen molar-refractivity contribution < 1.29 is 4.79 Å². The van der Waals surface area contributed by atoms with Gasteiger partial charge in [0, 0.05) is 19.6 Å². The van der Waals surface area contributed by atoms with Crippen LogP contribution in [0.2, 0.25) is 0 Å². The van der Waals surface area contributed by atoms with Crippen LogP contribution in [0.25, 0.3) is 5.69 Å². The van der Waals surface area contributed by atoms with Crippen LogP contribution in [0.15, 0.2) is 36.5 Å². The Morgan fingerprint density at radius 2 is 1.92 bits per heavy atom. The standard InChI is InChI=1S/C19H25N5OS/c1-14(2)12-20-19(26)23-11-7-10-22(23)18(25)17-13-21-24(15(17)3)16-8-5-4-6-9-16/h4-6,8-9,13-14H,7,10-12H2,1-3H3,(H,20,26). The summed E-state index contributed by atoms with van der Waals surface area (Å²) in [4.78, 5) is 13.1. The zero-order valence-corrected chi connectivity index (χ0v) is 16.3. The number of hydrogen-bond donors (Lipinski definition) is 1. The Hall–Kier alpha value is -2.41. The summed E-state index contributed by atoms with van der Waals surface area (Å²) in [6.45, 7) is 8.39. The number of carbonyl (C=O) groups is 1. The molecule has 0 radical (unpaired) electrons. The minimum absolute atomic E-state index is 0.0594. The second-order valence-electron chi connectivity index (χ2n) is 6.88. The smallest absolute Gasteiger partial charge is 0.275 e. The molecule has 138 valence electrons. The van der Waals surface area contributed by atoms with Gasteiger partial charge in [0.05, 0.1) is 23.1 Å². The molecule has 1 aromatic heterocycles. The van der Waals surface area contributed by atoms with E-state index in [0.717, 1.165) is 30.9 Å². The van der Waals surface area contributed by atoms with E-state index >= 15 is 0 Å². The summed E-state index contributed by atoms with van der Waals surface area (Å²) < 4.78 is 1.79. The molecule has 1 fully saturated rings. The number of nitrogens with one attached hydrogen (secondary N) is 1. The topological polar surface area (TPSA) is 53.4 Å². The summed E-state index contributed by atoms with van der Waals surface area (Å²) >= 11 is 5.49. The number of hydrazine groups is 1. The van der Waals surface area contributed by atoms with Crippen LogP contribution in [0, 0.1) is 12.8 Å². The van der Waals surface area contributed by atoms with Gasteiger partial charge in [0.2, 0.25) is 0 Å². The molecule has 26 heavy (non-hydrogen) atoms. The second-order valence-corrected chi connectivity index (χ2v) is 7.26. The normalized spacial score (nSPS) is 14.2. The van der Waals surface area contributed by atoms with Crippen LogP contribution in [-0.2, 0) is 0 Å². The molecule has 1 amide bonds. The molecule has 1 aliphatic heterocycles. The van der Waals surface area contributed by atoms with Crippen molar-refractivity contribution in [3.05, 3.63) is 47.8 Å². The third kappa shape index (κ3) is 3.72. The SMILES string of the molecule is Cc1c(C(=O)N2CCCN2C(=S)NCC(C)C)cnn1-c1ccccc1. The molecule has 0 atom stereocenters. The van der Waals surface area contributed by atoms with Gasteiger partial charge in [0.1, 0.15) is 0 Å². The number of aromatic nitrogens is 2. The second kappa shape index (κ2) is 7.86. The minimum Gasteiger partial charge on any atom is -0.361 e. The van der Waals surface area contributed by atoms with E-state index in [1.165, 1.54) is 0 Å². The lowest BCUT2D eigenvalue weighted by atomic mass is 10.2. The monoisotopic (exact) mass is 371 g/mol. The average molecular weight is 372 g/mol. The Bertz CT molecular complexity index is 786. The highest BCUT2D eigenvalue weighted by Gasteiger charge is 2.31. The van der Waals surface area contributed by atoms with E-state index in [9.17, 15) is 4.79 Å². The first-order valence-electron chi connectivity index (χ1n) is 8.96. The van der Waals surface area contributed by atoms with E-state index in [1.54, 1.807) is 15.9 Å². The predicted molar refractivity (Wildman–Crippen MR) is 106 cm³/mol. The average Bonchev–Trinajstić information content (AvgIpc) is 3.27. The van der Waals surface area contributed by atoms with Crippen LogP contribution in [0.1, 0.15) is 36.3 Å². The third-order valence-corrected chi connectivity index (χ3v) is 4.76. The zero-order chi connectivity index (χ0) is 18.7. The molecular weight excluding hydrogens is 346 g/mol. The Balaban J connectivity index is 1.78. The summed E-state index contributed by atoms with van der Waals surface area (Å²) in [5, 5.41) is 11.9. The first-order valence-corrected chi connectivity index (χ1v) is 9.37. The molecule has 1 aromatic carbocycles. The number of amides is 1. The highest BCUT2D eigenvalue weighted by molar-refractivity contribution is 7.80. The largest absolute Gasteiger partial charge is 0.361 e. The van der Waals surface area contributed by atoms with Crippen molar-refractivity contribution in [3.8, 4) is 5.69 Å². The van der Waals surface area contributed by atoms with Crippen molar-refractivity contribution in [2.75, 3.05) is 19.6 Å². The van der Waals surface area contributed by atoms with Gasteiger partial charge in [-0.2, -0.15) is 5.10 Å². The fourth-order valence-electron chi connectivity index (χ4n) is 3.00. The Kier molecular flexibility index (Phi) is 5.56. The molecule has 0 saturated carbocycles. The van der Waals surface area contributed by atoms with Crippen molar-refractivity contribution >= 4 is 23.2 Å². The van der Waals surface area contributed by atoms with Gasteiger partial charge < -0.3 is 5.32 Å². The van der Waals surface area contributed by atoms with E-state index in [1.807, 2.05) is 42.3 Å². The summed E-state index contributed by atoms with van der Waals surface area (Å²) in [5.41, 5.74) is 2.37. The van der Waals surface area contributed by atoms with Crippen molar-refractivity contribution in [2.24, 2.45) is 5.92 Å². The van der Waals surface area contributed by atoms with Crippen LogP contribution in [0.4, 0.5) is 0 Å². The predicted octanol–water partition coefficient (Wildman–Crippen LogP) is 2.77. The zero-order valence-electron chi connectivity index (χ0n) is 15.5. The van der Waals surface area contributed by atoms with E-state index in [2.05, 4.69) is 24.3 Å². The summed E-state index contributed by atoms with van der Waals surface area (Å²) in [6, 6.07) is 9.82. The molecular formula is C19H25N5OS. The minimum atomic E-state index is -0.0594. The molecule has 6 nitrogen and oxygen atoms in total. The van der Waals surface area contributed by atoms with Gasteiger partial charge in [-0.15, -0.1) is 0 Å². The van der Waals surface area contributed by atoms with Gasteiger partial charge in [0.25, 0.3) is 5.91 Å². The van der Waals surface area contributed by atoms with Crippen LogP contribution in [0.5, 0.6) is 0 Å². The number of hydrogen-bond acceptors (Lipinski definition) is 3. The quantitative estimate of drug-likeness (QED) is 0.838. The number of carbonyl (C=O) groups excluding carboxylic acids is 1. The molecule has 7 heteroatoms. The van der Waals surface area contributed by atoms with Gasteiger partial charge in [-0.3, -0.25) is 9.80 Å². The molecule has 2 heterocycles. The number of rotatable bonds is 4. The summed E-state index contributed by atoms with van der Waals surface area (Å²) in [6.07, 6.45) is 2.55. The Morgan fingerprint density at radius 1 is 1.23 bits per heavy atom. The first-order chi connectivity index (χ1) is 12.5. The van der Waals surface area contributed by atoms with Gasteiger partial charge in [-0.05, 0) is 43.6 Å². The lowest BCUT2D eigenvalue weighted by molar-refractivity contribution is 0.0490. The fourth-order valence-corrected chi connectivity index (χ4v) is 3.28. The number of para-hydroxylation sites is 1. The van der Waals surface area contributed by atoms with Crippen LogP contribution >= 0.6 is 12.2 Å². The lowest BCUT2D eigenvalue weighted by Crippen LogP contribution is -2.49. The Labute approximate surface area is 159 Å². The van der Waals surface area contributed by atoms with E-state index < -0.39 is 0 Å². The van der Waals surface area contributed by atoms with Crippen molar-refractivity contribution in [1.82, 2.24) is 25.1 Å². The van der Waals surface area contributed by atoms with Crippen LogP contribution in [-0.4, -0.2) is 50.5 Å². The Morgan fingerprint density at radius 3 is 2.62 bits per heavy atom. The van der Waals surface area contributed by atoms with Crippen molar-refractivity contribution in [2.45, 2.75) is 27.2 Å². The molecule has 2 aromatic rings.